The number of hydrogen-bond donors (Lipinski definition) is 2. The number of hydrogen-bond acceptors (Lipinski definition) is 4. The van der Waals surface area contributed by atoms with Gasteiger partial charge >= 0.3 is 5.76 Å². The number of aromatic amines is 1. The van der Waals surface area contributed by atoms with Crippen molar-refractivity contribution in [1.82, 2.24) is 15.2 Å². The Morgan fingerprint density at radius 1 is 1.26 bits per heavy atom. The molecule has 0 bridgehead atoms. The standard InChI is InChI=1S/C14H19N3O2/c1-14(2,17-7-5-15-6-8-17)10-3-4-12-11(9-10)16-13(18)19-12/h3-4,9,15H,5-8H2,1-2H3,(H,16,18). The Kier molecular flexibility index (Phi) is 2.95. The minimum absolute atomic E-state index is 0.0511. The van der Waals surface area contributed by atoms with Gasteiger partial charge in [-0.05, 0) is 31.5 Å². The van der Waals surface area contributed by atoms with E-state index in [1.54, 1.807) is 0 Å². The fraction of sp³-hybridized carbons (Fsp3) is 0.500. The van der Waals surface area contributed by atoms with Crippen LogP contribution in [0.25, 0.3) is 11.1 Å². The monoisotopic (exact) mass is 261 g/mol. The molecule has 1 aliphatic rings. The molecule has 1 fully saturated rings. The zero-order valence-corrected chi connectivity index (χ0v) is 11.3. The first-order chi connectivity index (χ1) is 9.07. The number of rotatable bonds is 2. The smallest absolute Gasteiger partial charge is 0.408 e. The van der Waals surface area contributed by atoms with Gasteiger partial charge in [0.1, 0.15) is 0 Å². The van der Waals surface area contributed by atoms with Crippen LogP contribution in [0.2, 0.25) is 0 Å². The SMILES string of the molecule is CC(C)(c1ccc2oc(=O)[nH]c2c1)N1CCNCC1. The fourth-order valence-corrected chi connectivity index (χ4v) is 2.74. The Balaban J connectivity index is 1.99. The van der Waals surface area contributed by atoms with Gasteiger partial charge in [-0.15, -0.1) is 0 Å². The maximum Gasteiger partial charge on any atom is 0.417 e. The van der Waals surface area contributed by atoms with E-state index in [0.29, 0.717) is 5.58 Å². The highest BCUT2D eigenvalue weighted by Gasteiger charge is 2.29. The van der Waals surface area contributed by atoms with Crippen LogP contribution in [0.4, 0.5) is 0 Å². The van der Waals surface area contributed by atoms with Crippen molar-refractivity contribution in [3.63, 3.8) is 0 Å². The van der Waals surface area contributed by atoms with Crippen LogP contribution in [0.3, 0.4) is 0 Å². The van der Waals surface area contributed by atoms with Crippen LogP contribution in [0.15, 0.2) is 27.4 Å². The van der Waals surface area contributed by atoms with Gasteiger partial charge in [0.2, 0.25) is 0 Å². The Hall–Kier alpha value is -1.59. The molecule has 5 heteroatoms. The van der Waals surface area contributed by atoms with Crippen molar-refractivity contribution in [1.29, 1.82) is 0 Å². The lowest BCUT2D eigenvalue weighted by molar-refractivity contribution is 0.103. The average Bonchev–Trinajstić information content (AvgIpc) is 2.78. The third kappa shape index (κ3) is 2.19. The lowest BCUT2D eigenvalue weighted by Crippen LogP contribution is -2.51. The summed E-state index contributed by atoms with van der Waals surface area (Å²) in [6.07, 6.45) is 0. The van der Waals surface area contributed by atoms with Crippen LogP contribution in [0.1, 0.15) is 19.4 Å². The van der Waals surface area contributed by atoms with E-state index < -0.39 is 5.76 Å². The lowest BCUT2D eigenvalue weighted by atomic mass is 9.91. The molecule has 2 N–H and O–H groups in total. The van der Waals surface area contributed by atoms with Crippen LogP contribution >= 0.6 is 0 Å². The zero-order chi connectivity index (χ0) is 13.5. The molecule has 0 saturated carbocycles. The van der Waals surface area contributed by atoms with E-state index in [9.17, 15) is 4.79 Å². The number of nitrogens with zero attached hydrogens (tertiary/aromatic N) is 1. The van der Waals surface area contributed by atoms with Crippen LogP contribution < -0.4 is 11.1 Å². The van der Waals surface area contributed by atoms with E-state index in [1.165, 1.54) is 5.56 Å². The molecule has 0 aliphatic carbocycles. The summed E-state index contributed by atoms with van der Waals surface area (Å²) in [6, 6.07) is 5.93. The molecule has 1 aromatic heterocycles. The molecule has 1 aromatic carbocycles. The fourth-order valence-electron chi connectivity index (χ4n) is 2.74. The summed E-state index contributed by atoms with van der Waals surface area (Å²) in [5.74, 6) is -0.396. The van der Waals surface area contributed by atoms with Gasteiger partial charge in [-0.25, -0.2) is 4.79 Å². The summed E-state index contributed by atoms with van der Waals surface area (Å²) in [6.45, 7) is 8.55. The normalized spacial score (nSPS) is 18.0. The summed E-state index contributed by atoms with van der Waals surface area (Å²) in [5.41, 5.74) is 2.53. The summed E-state index contributed by atoms with van der Waals surface area (Å²) < 4.78 is 5.05. The molecule has 0 unspecified atom stereocenters. The second kappa shape index (κ2) is 4.51. The summed E-state index contributed by atoms with van der Waals surface area (Å²) in [7, 11) is 0. The first-order valence-corrected chi connectivity index (χ1v) is 6.66. The highest BCUT2D eigenvalue weighted by molar-refractivity contribution is 5.73. The van der Waals surface area contributed by atoms with Gasteiger partial charge in [0.25, 0.3) is 0 Å². The van der Waals surface area contributed by atoms with Crippen molar-refractivity contribution >= 4 is 11.1 Å². The van der Waals surface area contributed by atoms with Crippen molar-refractivity contribution in [2.75, 3.05) is 26.2 Å². The minimum Gasteiger partial charge on any atom is -0.408 e. The van der Waals surface area contributed by atoms with E-state index in [0.717, 1.165) is 31.7 Å². The maximum atomic E-state index is 11.2. The van der Waals surface area contributed by atoms with Crippen molar-refractivity contribution in [3.05, 3.63) is 34.3 Å². The third-order valence-corrected chi connectivity index (χ3v) is 4.03. The lowest BCUT2D eigenvalue weighted by Gasteiger charge is -2.41. The van der Waals surface area contributed by atoms with Crippen LogP contribution in [-0.4, -0.2) is 36.1 Å². The molecule has 1 aliphatic heterocycles. The number of benzene rings is 1. The molecule has 102 valence electrons. The van der Waals surface area contributed by atoms with E-state index >= 15 is 0 Å². The zero-order valence-electron chi connectivity index (χ0n) is 11.3. The molecule has 1 saturated heterocycles. The summed E-state index contributed by atoms with van der Waals surface area (Å²) >= 11 is 0. The quantitative estimate of drug-likeness (QED) is 0.854. The molecular weight excluding hydrogens is 242 g/mol. The van der Waals surface area contributed by atoms with E-state index in [1.807, 2.05) is 18.2 Å². The Bertz CT molecular complexity index is 635. The molecule has 0 radical (unpaired) electrons. The molecular formula is C14H19N3O2. The number of aromatic nitrogens is 1. The van der Waals surface area contributed by atoms with Gasteiger partial charge in [-0.3, -0.25) is 9.88 Å². The second-order valence-electron chi connectivity index (χ2n) is 5.52. The van der Waals surface area contributed by atoms with Gasteiger partial charge in [0.15, 0.2) is 5.58 Å². The third-order valence-electron chi connectivity index (χ3n) is 4.03. The number of nitrogens with one attached hydrogen (secondary N) is 2. The predicted octanol–water partition coefficient (Wildman–Crippen LogP) is 1.26. The summed E-state index contributed by atoms with van der Waals surface area (Å²) in [5, 5.41) is 3.37. The number of piperazine rings is 1. The Labute approximate surface area is 111 Å². The number of oxazole rings is 1. The molecule has 0 amide bonds. The average molecular weight is 261 g/mol. The van der Waals surface area contributed by atoms with Gasteiger partial charge in [-0.2, -0.15) is 0 Å². The number of H-pyrrole nitrogens is 1. The van der Waals surface area contributed by atoms with Crippen molar-refractivity contribution in [2.45, 2.75) is 19.4 Å². The minimum atomic E-state index is -0.396. The van der Waals surface area contributed by atoms with E-state index in [2.05, 4.69) is 29.0 Å². The Morgan fingerprint density at radius 2 is 2.00 bits per heavy atom. The maximum absolute atomic E-state index is 11.2. The van der Waals surface area contributed by atoms with Crippen molar-refractivity contribution in [2.24, 2.45) is 0 Å². The van der Waals surface area contributed by atoms with Gasteiger partial charge < -0.3 is 9.73 Å². The predicted molar refractivity (Wildman–Crippen MR) is 74.3 cm³/mol. The molecule has 19 heavy (non-hydrogen) atoms. The highest BCUT2D eigenvalue weighted by atomic mass is 16.4. The van der Waals surface area contributed by atoms with E-state index in [4.69, 9.17) is 4.42 Å². The Morgan fingerprint density at radius 3 is 2.74 bits per heavy atom. The molecule has 2 heterocycles. The molecule has 0 atom stereocenters. The van der Waals surface area contributed by atoms with Crippen molar-refractivity contribution in [3.8, 4) is 0 Å². The van der Waals surface area contributed by atoms with Crippen LogP contribution in [0.5, 0.6) is 0 Å². The number of fused-ring (bicyclic) bond motifs is 1. The van der Waals surface area contributed by atoms with Crippen molar-refractivity contribution < 1.29 is 4.42 Å². The van der Waals surface area contributed by atoms with Gasteiger partial charge in [-0.1, -0.05) is 6.07 Å². The van der Waals surface area contributed by atoms with Crippen LogP contribution in [-0.2, 0) is 5.54 Å². The van der Waals surface area contributed by atoms with E-state index in [-0.39, 0.29) is 5.54 Å². The highest BCUT2D eigenvalue weighted by Crippen LogP contribution is 2.29. The molecule has 0 spiro atoms. The molecule has 3 rings (SSSR count). The van der Waals surface area contributed by atoms with Gasteiger partial charge in [0, 0.05) is 31.7 Å². The topological polar surface area (TPSA) is 61.3 Å². The largest absolute Gasteiger partial charge is 0.417 e. The molecule has 5 nitrogen and oxygen atoms in total. The molecule has 2 aromatic rings. The first kappa shape index (κ1) is 12.4. The summed E-state index contributed by atoms with van der Waals surface area (Å²) in [4.78, 5) is 16.4. The van der Waals surface area contributed by atoms with Crippen LogP contribution in [0, 0.1) is 0 Å². The van der Waals surface area contributed by atoms with Gasteiger partial charge in [0.05, 0.1) is 5.52 Å². The first-order valence-electron chi connectivity index (χ1n) is 6.66. The second-order valence-corrected chi connectivity index (χ2v) is 5.52.